The number of benzene rings is 1. The summed E-state index contributed by atoms with van der Waals surface area (Å²) in [4.78, 5) is 0. The molecule has 2 unspecified atom stereocenters. The molecule has 1 heterocycles. The number of unbranched alkanes of at least 4 members (excludes halogenated alkanes) is 6. The fourth-order valence-electron chi connectivity index (χ4n) is 4.08. The molecule has 1 aliphatic heterocycles. The molecule has 0 amide bonds. The average molecular weight is 381 g/mol. The molecular weight excluding hydrogens is 344 g/mol. The van der Waals surface area contributed by atoms with Gasteiger partial charge in [0.05, 0.1) is 0 Å². The van der Waals surface area contributed by atoms with Crippen LogP contribution in [0.4, 0.5) is 0 Å². The van der Waals surface area contributed by atoms with Crippen LogP contribution in [0.2, 0.25) is 12.1 Å². The third-order valence-electron chi connectivity index (χ3n) is 5.52. The lowest BCUT2D eigenvalue weighted by atomic mass is 10.1. The zero-order valence-electron chi connectivity index (χ0n) is 16.1. The van der Waals surface area contributed by atoms with Crippen LogP contribution >= 0.6 is 11.6 Å². The monoisotopic (exact) mass is 380 g/mol. The van der Waals surface area contributed by atoms with E-state index in [4.69, 9.17) is 16.0 Å². The molecule has 1 saturated heterocycles. The highest BCUT2D eigenvalue weighted by Gasteiger charge is 2.38. The van der Waals surface area contributed by atoms with Gasteiger partial charge >= 0.3 is 0 Å². The van der Waals surface area contributed by atoms with Gasteiger partial charge < -0.3 is 4.43 Å². The van der Waals surface area contributed by atoms with Gasteiger partial charge in [0.1, 0.15) is 0 Å². The van der Waals surface area contributed by atoms with Gasteiger partial charge in [0.2, 0.25) is 0 Å². The minimum atomic E-state index is -1.70. The summed E-state index contributed by atoms with van der Waals surface area (Å²) in [6, 6.07) is 14.5. The van der Waals surface area contributed by atoms with Crippen LogP contribution in [0.1, 0.15) is 76.7 Å². The van der Waals surface area contributed by atoms with Crippen molar-refractivity contribution in [3.63, 3.8) is 0 Å². The molecule has 2 atom stereocenters. The highest BCUT2D eigenvalue weighted by Crippen LogP contribution is 2.33. The summed E-state index contributed by atoms with van der Waals surface area (Å²) < 4.78 is 6.47. The van der Waals surface area contributed by atoms with E-state index in [0.717, 1.165) is 18.7 Å². The number of rotatable bonds is 12. The van der Waals surface area contributed by atoms with Crippen molar-refractivity contribution >= 4 is 19.9 Å². The van der Waals surface area contributed by atoms with Crippen LogP contribution in [0.25, 0.3) is 0 Å². The number of alkyl halides is 1. The summed E-state index contributed by atoms with van der Waals surface area (Å²) in [6.07, 6.45) is 13.3. The summed E-state index contributed by atoms with van der Waals surface area (Å²) in [5.41, 5.74) is 1.44. The van der Waals surface area contributed by atoms with E-state index >= 15 is 0 Å². The Morgan fingerprint density at radius 1 is 1.00 bits per heavy atom. The van der Waals surface area contributed by atoms with Crippen LogP contribution < -0.4 is 0 Å². The Morgan fingerprint density at radius 2 is 1.72 bits per heavy atom. The third-order valence-corrected chi connectivity index (χ3v) is 10.5. The Balaban J connectivity index is 1.75. The molecule has 0 bridgehead atoms. The molecule has 1 nitrogen and oxygen atoms in total. The Kier molecular flexibility index (Phi) is 10.2. The lowest BCUT2D eigenvalue weighted by Crippen LogP contribution is -2.46. The second-order valence-electron chi connectivity index (χ2n) is 7.86. The smallest absolute Gasteiger partial charge is 0.198 e. The van der Waals surface area contributed by atoms with Crippen LogP contribution in [-0.2, 0) is 10.5 Å². The van der Waals surface area contributed by atoms with Gasteiger partial charge in [-0.3, -0.25) is 0 Å². The van der Waals surface area contributed by atoms with E-state index in [-0.39, 0.29) is 0 Å². The molecular formula is C22H37ClOSi. The molecule has 3 heteroatoms. The highest BCUT2D eigenvalue weighted by atomic mass is 35.5. The van der Waals surface area contributed by atoms with E-state index in [0.29, 0.717) is 5.38 Å². The minimum absolute atomic E-state index is 0.309. The number of hydrogen-bond donors (Lipinski definition) is 0. The topological polar surface area (TPSA) is 9.23 Å². The maximum absolute atomic E-state index is 6.79. The van der Waals surface area contributed by atoms with Gasteiger partial charge in [-0.15, -0.1) is 11.6 Å². The second-order valence-corrected chi connectivity index (χ2v) is 12.4. The first-order chi connectivity index (χ1) is 12.2. The Morgan fingerprint density at radius 3 is 2.40 bits per heavy atom. The Labute approximate surface area is 161 Å². The maximum atomic E-state index is 6.79. The lowest BCUT2D eigenvalue weighted by Gasteiger charge is -2.36. The summed E-state index contributed by atoms with van der Waals surface area (Å²) >= 11 is 6.79. The molecule has 0 N–H and O–H groups in total. The largest absolute Gasteiger partial charge is 0.416 e. The first-order valence-corrected chi connectivity index (χ1v) is 13.5. The molecule has 0 aliphatic carbocycles. The molecule has 0 aromatic heterocycles. The van der Waals surface area contributed by atoms with Crippen molar-refractivity contribution in [2.45, 2.75) is 94.6 Å². The predicted molar refractivity (Wildman–Crippen MR) is 113 cm³/mol. The predicted octanol–water partition coefficient (Wildman–Crippen LogP) is 7.27. The van der Waals surface area contributed by atoms with Crippen LogP contribution in [0.5, 0.6) is 0 Å². The first kappa shape index (κ1) is 21.0. The van der Waals surface area contributed by atoms with Crippen LogP contribution in [0, 0.1) is 0 Å². The fourth-order valence-corrected chi connectivity index (χ4v) is 9.43. The van der Waals surface area contributed by atoms with E-state index in [1.165, 1.54) is 75.8 Å². The average Bonchev–Trinajstić information content (AvgIpc) is 2.62. The van der Waals surface area contributed by atoms with Gasteiger partial charge in [-0.2, -0.15) is 0 Å². The molecule has 0 radical (unpaired) electrons. The first-order valence-electron chi connectivity index (χ1n) is 10.6. The number of halogens is 1. The van der Waals surface area contributed by atoms with Crippen LogP contribution in [0.3, 0.4) is 0 Å². The Hall–Kier alpha value is -0.313. The van der Waals surface area contributed by atoms with E-state index < -0.39 is 8.32 Å². The van der Waals surface area contributed by atoms with E-state index in [2.05, 4.69) is 37.3 Å². The van der Waals surface area contributed by atoms with E-state index in [9.17, 15) is 0 Å². The van der Waals surface area contributed by atoms with Crippen molar-refractivity contribution in [2.75, 3.05) is 6.61 Å². The van der Waals surface area contributed by atoms with Crippen molar-refractivity contribution in [3.8, 4) is 0 Å². The SMILES string of the molecule is CCCCCCCCCC(Cl)C[Si]1(Cc2ccccc2)CCCCO1. The van der Waals surface area contributed by atoms with Gasteiger partial charge in [0, 0.05) is 12.0 Å². The molecule has 1 fully saturated rings. The summed E-state index contributed by atoms with van der Waals surface area (Å²) in [5, 5.41) is 0.309. The van der Waals surface area contributed by atoms with Gasteiger partial charge in [0.25, 0.3) is 0 Å². The summed E-state index contributed by atoms with van der Waals surface area (Å²) in [5.74, 6) is 0. The molecule has 1 aromatic rings. The van der Waals surface area contributed by atoms with E-state index in [1.807, 2.05) is 0 Å². The molecule has 25 heavy (non-hydrogen) atoms. The van der Waals surface area contributed by atoms with Crippen LogP contribution in [0.15, 0.2) is 30.3 Å². The van der Waals surface area contributed by atoms with Gasteiger partial charge in [0.15, 0.2) is 8.32 Å². The van der Waals surface area contributed by atoms with Crippen molar-refractivity contribution in [3.05, 3.63) is 35.9 Å². The lowest BCUT2D eigenvalue weighted by molar-refractivity contribution is 0.264. The number of hydrogen-bond acceptors (Lipinski definition) is 1. The molecule has 0 saturated carbocycles. The summed E-state index contributed by atoms with van der Waals surface area (Å²) in [6.45, 7) is 3.24. The zero-order chi connectivity index (χ0) is 17.8. The molecule has 1 aliphatic rings. The normalized spacial score (nSPS) is 22.0. The molecule has 142 valence electrons. The van der Waals surface area contributed by atoms with Crippen molar-refractivity contribution in [2.24, 2.45) is 0 Å². The quantitative estimate of drug-likeness (QED) is 0.210. The molecule has 2 rings (SSSR count). The summed E-state index contributed by atoms with van der Waals surface area (Å²) in [7, 11) is -1.70. The van der Waals surface area contributed by atoms with Crippen molar-refractivity contribution in [1.29, 1.82) is 0 Å². The molecule has 0 spiro atoms. The van der Waals surface area contributed by atoms with E-state index in [1.54, 1.807) is 0 Å². The van der Waals surface area contributed by atoms with Gasteiger partial charge in [-0.05, 0) is 36.5 Å². The van der Waals surface area contributed by atoms with Gasteiger partial charge in [-0.25, -0.2) is 0 Å². The zero-order valence-corrected chi connectivity index (χ0v) is 17.9. The second kappa shape index (κ2) is 12.1. The minimum Gasteiger partial charge on any atom is -0.416 e. The van der Waals surface area contributed by atoms with Crippen molar-refractivity contribution in [1.82, 2.24) is 0 Å². The highest BCUT2D eigenvalue weighted by molar-refractivity contribution is 6.74. The Bertz CT molecular complexity index is 445. The molecule has 1 aromatic carbocycles. The standard InChI is InChI=1S/C22H37ClOSi/c1-2-3-4-5-6-7-11-16-22(23)20-25(18-13-12-17-24-25)19-21-14-9-8-10-15-21/h8-10,14-15,22H,2-7,11-13,16-20H2,1H3. The fraction of sp³-hybridized carbons (Fsp3) is 0.727. The third kappa shape index (κ3) is 8.28. The van der Waals surface area contributed by atoms with Gasteiger partial charge in [-0.1, -0.05) is 88.6 Å². The van der Waals surface area contributed by atoms with Crippen LogP contribution in [-0.4, -0.2) is 20.3 Å². The van der Waals surface area contributed by atoms with Crippen molar-refractivity contribution < 1.29 is 4.43 Å². The maximum Gasteiger partial charge on any atom is 0.198 e.